The van der Waals surface area contributed by atoms with E-state index in [9.17, 15) is 5.11 Å². The summed E-state index contributed by atoms with van der Waals surface area (Å²) in [5.74, 6) is 0.754. The first-order valence-corrected chi connectivity index (χ1v) is 8.88. The van der Waals surface area contributed by atoms with Gasteiger partial charge in [-0.1, -0.05) is 6.07 Å². The molecule has 0 unspecified atom stereocenters. The number of ether oxygens (including phenoxy) is 3. The molecule has 1 aromatic heterocycles. The van der Waals surface area contributed by atoms with Crippen LogP contribution in [0.4, 0.5) is 0 Å². The smallest absolute Gasteiger partial charge is 0.127 e. The maximum Gasteiger partial charge on any atom is 0.127 e. The van der Waals surface area contributed by atoms with E-state index in [-0.39, 0.29) is 12.1 Å². The highest BCUT2D eigenvalue weighted by atomic mass is 16.5. The van der Waals surface area contributed by atoms with E-state index in [4.69, 9.17) is 14.2 Å². The summed E-state index contributed by atoms with van der Waals surface area (Å²) in [7, 11) is 0. The highest BCUT2D eigenvalue weighted by molar-refractivity contribution is 5.79. The lowest BCUT2D eigenvalue weighted by Crippen LogP contribution is -2.54. The molecule has 0 spiro atoms. The van der Waals surface area contributed by atoms with E-state index in [0.717, 1.165) is 29.6 Å². The minimum absolute atomic E-state index is 0.204. The Hall–Kier alpha value is -1.73. The zero-order chi connectivity index (χ0) is 17.1. The Kier molecular flexibility index (Phi) is 5.12. The lowest BCUT2D eigenvalue weighted by molar-refractivity contribution is -0.0514. The van der Waals surface area contributed by atoms with Gasteiger partial charge in [0.2, 0.25) is 0 Å². The van der Waals surface area contributed by atoms with Crippen molar-refractivity contribution in [3.8, 4) is 5.75 Å². The zero-order valence-electron chi connectivity index (χ0n) is 14.2. The first-order valence-electron chi connectivity index (χ1n) is 8.88. The maximum absolute atomic E-state index is 10.6. The lowest BCUT2D eigenvalue weighted by atomic mass is 10.0. The van der Waals surface area contributed by atoms with Gasteiger partial charge in [0.1, 0.15) is 18.0 Å². The molecule has 4 rings (SSSR count). The van der Waals surface area contributed by atoms with Gasteiger partial charge in [-0.25, -0.2) is 0 Å². The summed E-state index contributed by atoms with van der Waals surface area (Å²) in [6.45, 7) is 4.06. The number of rotatable bonds is 3. The number of pyridine rings is 1. The van der Waals surface area contributed by atoms with E-state index in [1.165, 1.54) is 0 Å². The zero-order valence-corrected chi connectivity index (χ0v) is 14.2. The van der Waals surface area contributed by atoms with E-state index < -0.39 is 6.10 Å². The van der Waals surface area contributed by atoms with Gasteiger partial charge in [0.25, 0.3) is 0 Å². The maximum atomic E-state index is 10.6. The van der Waals surface area contributed by atoms with E-state index in [1.54, 1.807) is 6.20 Å². The number of β-amino-alcohol motifs (C(OH)–C–C–N with tert-alkyl or cyclic N) is 1. The molecule has 0 bridgehead atoms. The normalized spacial score (nSPS) is 26.4. The molecule has 0 saturated carbocycles. The summed E-state index contributed by atoms with van der Waals surface area (Å²) in [5.41, 5.74) is 0.902. The average Bonchev–Trinajstić information content (AvgIpc) is 2.93. The van der Waals surface area contributed by atoms with Crippen molar-refractivity contribution in [1.29, 1.82) is 0 Å². The van der Waals surface area contributed by atoms with Crippen molar-refractivity contribution in [2.24, 2.45) is 0 Å². The highest BCUT2D eigenvalue weighted by Crippen LogP contribution is 2.24. The van der Waals surface area contributed by atoms with Crippen LogP contribution in [0.1, 0.15) is 6.42 Å². The number of benzene rings is 1. The summed E-state index contributed by atoms with van der Waals surface area (Å²) in [6, 6.07) is 10.0. The molecular weight excluding hydrogens is 320 g/mol. The Morgan fingerprint density at radius 2 is 2.00 bits per heavy atom. The summed E-state index contributed by atoms with van der Waals surface area (Å²) >= 11 is 0. The molecule has 2 aliphatic heterocycles. The van der Waals surface area contributed by atoms with Gasteiger partial charge in [0.05, 0.1) is 38.0 Å². The molecule has 2 atom stereocenters. The van der Waals surface area contributed by atoms with Crippen molar-refractivity contribution < 1.29 is 19.3 Å². The second kappa shape index (κ2) is 7.66. The molecule has 0 aliphatic carbocycles. The van der Waals surface area contributed by atoms with E-state index >= 15 is 0 Å². The topological polar surface area (TPSA) is 64.1 Å². The molecule has 2 aromatic rings. The number of aliphatic hydroxyl groups is 1. The lowest BCUT2D eigenvalue weighted by Gasteiger charge is -2.39. The van der Waals surface area contributed by atoms with Gasteiger partial charge >= 0.3 is 0 Å². The molecule has 3 heterocycles. The van der Waals surface area contributed by atoms with Crippen LogP contribution in [0.2, 0.25) is 0 Å². The highest BCUT2D eigenvalue weighted by Gasteiger charge is 2.33. The largest absolute Gasteiger partial charge is 0.488 e. The summed E-state index contributed by atoms with van der Waals surface area (Å²) < 4.78 is 17.2. The number of fused-ring (bicyclic) bond motifs is 1. The van der Waals surface area contributed by atoms with Crippen molar-refractivity contribution in [1.82, 2.24) is 9.88 Å². The van der Waals surface area contributed by atoms with Gasteiger partial charge in [-0.3, -0.25) is 9.88 Å². The van der Waals surface area contributed by atoms with Crippen molar-refractivity contribution in [3.05, 3.63) is 36.5 Å². The van der Waals surface area contributed by atoms with Crippen LogP contribution in [-0.2, 0) is 9.47 Å². The fourth-order valence-corrected chi connectivity index (χ4v) is 3.51. The molecular formula is C19H24N2O4. The van der Waals surface area contributed by atoms with Crippen LogP contribution in [-0.4, -0.2) is 72.8 Å². The van der Waals surface area contributed by atoms with Crippen LogP contribution >= 0.6 is 0 Å². The molecule has 2 fully saturated rings. The number of aromatic nitrogens is 1. The Balaban J connectivity index is 1.38. The van der Waals surface area contributed by atoms with Gasteiger partial charge in [-0.2, -0.15) is 0 Å². The quantitative estimate of drug-likeness (QED) is 0.910. The fraction of sp³-hybridized carbons (Fsp3) is 0.526. The molecule has 134 valence electrons. The van der Waals surface area contributed by atoms with E-state index in [1.807, 2.05) is 30.3 Å². The first kappa shape index (κ1) is 16.7. The molecule has 1 aromatic carbocycles. The van der Waals surface area contributed by atoms with Crippen molar-refractivity contribution in [2.75, 3.05) is 39.5 Å². The Morgan fingerprint density at radius 3 is 2.80 bits per heavy atom. The first-order chi connectivity index (χ1) is 12.3. The monoisotopic (exact) mass is 344 g/mol. The molecule has 0 radical (unpaired) electrons. The molecule has 6 nitrogen and oxygen atoms in total. The van der Waals surface area contributed by atoms with E-state index in [2.05, 4.69) is 9.88 Å². The fourth-order valence-electron chi connectivity index (χ4n) is 3.51. The Bertz CT molecular complexity index is 703. The summed E-state index contributed by atoms with van der Waals surface area (Å²) in [4.78, 5) is 6.61. The Labute approximate surface area is 147 Å². The van der Waals surface area contributed by atoms with Crippen molar-refractivity contribution in [3.63, 3.8) is 0 Å². The minimum Gasteiger partial charge on any atom is -0.488 e. The molecule has 0 amide bonds. The number of hydrogen-bond acceptors (Lipinski definition) is 6. The van der Waals surface area contributed by atoms with Gasteiger partial charge in [0, 0.05) is 30.7 Å². The third kappa shape index (κ3) is 3.93. The van der Waals surface area contributed by atoms with E-state index in [0.29, 0.717) is 33.0 Å². The molecule has 1 N–H and O–H groups in total. The standard InChI is InChI=1S/C19H24N2O4/c22-18-11-21(15-12-23-8-9-24-13-15)7-5-19(18)25-16-4-3-14-2-1-6-20-17(14)10-16/h1-4,6,10,15,18-19,22H,5,7-9,11-13H2/t18-,19-/m1/s1. The summed E-state index contributed by atoms with van der Waals surface area (Å²) in [5, 5.41) is 11.6. The van der Waals surface area contributed by atoms with Gasteiger partial charge in [-0.15, -0.1) is 0 Å². The second-order valence-corrected chi connectivity index (χ2v) is 6.67. The molecule has 2 aliphatic rings. The van der Waals surface area contributed by atoms with Crippen LogP contribution in [0.5, 0.6) is 5.75 Å². The number of hydrogen-bond donors (Lipinski definition) is 1. The molecule has 2 saturated heterocycles. The third-order valence-electron chi connectivity index (χ3n) is 4.93. The molecule has 25 heavy (non-hydrogen) atoms. The number of likely N-dealkylation sites (tertiary alicyclic amines) is 1. The van der Waals surface area contributed by atoms with Crippen LogP contribution in [0, 0.1) is 0 Å². The Morgan fingerprint density at radius 1 is 1.16 bits per heavy atom. The number of aliphatic hydroxyl groups excluding tert-OH is 1. The number of piperidine rings is 1. The predicted molar refractivity (Wildman–Crippen MR) is 93.8 cm³/mol. The SMILES string of the molecule is O[C@@H]1CN(C2COCCOC2)CC[C@H]1Oc1ccc2cccnc2c1. The van der Waals surface area contributed by atoms with Gasteiger partial charge in [-0.05, 0) is 24.6 Å². The van der Waals surface area contributed by atoms with Crippen LogP contribution in [0.25, 0.3) is 10.9 Å². The summed E-state index contributed by atoms with van der Waals surface area (Å²) in [6.07, 6.45) is 1.82. The van der Waals surface area contributed by atoms with Crippen LogP contribution in [0.3, 0.4) is 0 Å². The van der Waals surface area contributed by atoms with Crippen molar-refractivity contribution >= 4 is 10.9 Å². The van der Waals surface area contributed by atoms with Crippen LogP contribution in [0.15, 0.2) is 36.5 Å². The van der Waals surface area contributed by atoms with Gasteiger partial charge < -0.3 is 19.3 Å². The van der Waals surface area contributed by atoms with Crippen LogP contribution < -0.4 is 4.74 Å². The van der Waals surface area contributed by atoms with Crippen molar-refractivity contribution in [2.45, 2.75) is 24.7 Å². The minimum atomic E-state index is -0.531. The molecule has 6 heteroatoms. The second-order valence-electron chi connectivity index (χ2n) is 6.67. The average molecular weight is 344 g/mol. The third-order valence-corrected chi connectivity index (χ3v) is 4.93. The van der Waals surface area contributed by atoms with Gasteiger partial charge in [0.15, 0.2) is 0 Å². The number of nitrogens with zero attached hydrogens (tertiary/aromatic N) is 2. The predicted octanol–water partition coefficient (Wildman–Crippen LogP) is 1.46.